The van der Waals surface area contributed by atoms with Crippen molar-refractivity contribution in [2.45, 2.75) is 19.1 Å². The molecule has 1 aromatic carbocycles. The lowest BCUT2D eigenvalue weighted by Crippen LogP contribution is -2.24. The topological polar surface area (TPSA) is 3.24 Å². The Bertz CT molecular complexity index is 378. The maximum Gasteiger partial charge on any atom is 0.390 e. The molecule has 0 unspecified atom stereocenters. The van der Waals surface area contributed by atoms with Crippen LogP contribution in [-0.2, 0) is 6.54 Å². The van der Waals surface area contributed by atoms with Crippen molar-refractivity contribution in [1.82, 2.24) is 4.90 Å². The van der Waals surface area contributed by atoms with Crippen molar-refractivity contribution in [3.63, 3.8) is 0 Å². The van der Waals surface area contributed by atoms with Gasteiger partial charge in [-0.15, -0.1) is 0 Å². The normalized spacial score (nSPS) is 12.2. The van der Waals surface area contributed by atoms with Gasteiger partial charge in [-0.2, -0.15) is 13.2 Å². The van der Waals surface area contributed by atoms with Crippen LogP contribution in [0.2, 0.25) is 0 Å². The second-order valence-corrected chi connectivity index (χ2v) is 4.69. The number of halogens is 5. The molecule has 0 amide bonds. The monoisotopic (exact) mass is 313 g/mol. The molecule has 17 heavy (non-hydrogen) atoms. The summed E-state index contributed by atoms with van der Waals surface area (Å²) in [4.78, 5) is 1.55. The minimum Gasteiger partial charge on any atom is -0.302 e. The maximum atomic E-state index is 12.8. The van der Waals surface area contributed by atoms with Crippen molar-refractivity contribution in [1.29, 1.82) is 0 Å². The van der Waals surface area contributed by atoms with E-state index in [0.717, 1.165) is 5.56 Å². The summed E-state index contributed by atoms with van der Waals surface area (Å²) < 4.78 is 49.4. The van der Waals surface area contributed by atoms with Gasteiger partial charge in [-0.05, 0) is 24.7 Å². The van der Waals surface area contributed by atoms with E-state index in [1.807, 2.05) is 0 Å². The van der Waals surface area contributed by atoms with Gasteiger partial charge in [0.1, 0.15) is 5.82 Å². The SMILES string of the molecule is CN(CCC(F)(F)F)Cc1ccc(F)cc1Br. The second kappa shape index (κ2) is 5.82. The Hall–Kier alpha value is -0.620. The number of rotatable bonds is 4. The molecule has 0 saturated carbocycles. The minimum atomic E-state index is -4.14. The highest BCUT2D eigenvalue weighted by Crippen LogP contribution is 2.22. The van der Waals surface area contributed by atoms with Crippen LogP contribution in [-0.4, -0.2) is 24.7 Å². The summed E-state index contributed by atoms with van der Waals surface area (Å²) in [5.74, 6) is -0.376. The molecule has 0 aliphatic rings. The Morgan fingerprint density at radius 3 is 2.47 bits per heavy atom. The number of hydrogen-bond acceptors (Lipinski definition) is 1. The fraction of sp³-hybridized carbons (Fsp3) is 0.455. The third-order valence-electron chi connectivity index (χ3n) is 2.23. The lowest BCUT2D eigenvalue weighted by atomic mass is 10.2. The molecule has 6 heteroatoms. The molecular weight excluding hydrogens is 302 g/mol. The number of benzene rings is 1. The van der Waals surface area contributed by atoms with E-state index < -0.39 is 12.6 Å². The third-order valence-corrected chi connectivity index (χ3v) is 2.97. The van der Waals surface area contributed by atoms with E-state index in [4.69, 9.17) is 0 Å². The van der Waals surface area contributed by atoms with Gasteiger partial charge in [-0.25, -0.2) is 4.39 Å². The van der Waals surface area contributed by atoms with Gasteiger partial charge in [-0.3, -0.25) is 0 Å². The van der Waals surface area contributed by atoms with Crippen LogP contribution in [0.5, 0.6) is 0 Å². The summed E-state index contributed by atoms with van der Waals surface area (Å²) in [6, 6.07) is 4.15. The molecule has 0 heterocycles. The molecule has 0 radical (unpaired) electrons. The van der Waals surface area contributed by atoms with Crippen molar-refractivity contribution < 1.29 is 17.6 Å². The first-order chi connectivity index (χ1) is 7.78. The number of hydrogen-bond donors (Lipinski definition) is 0. The van der Waals surface area contributed by atoms with Gasteiger partial charge in [0.05, 0.1) is 6.42 Å². The zero-order chi connectivity index (χ0) is 13.1. The Kier molecular flexibility index (Phi) is 4.94. The van der Waals surface area contributed by atoms with Gasteiger partial charge >= 0.3 is 6.18 Å². The molecule has 96 valence electrons. The predicted molar refractivity (Wildman–Crippen MR) is 61.1 cm³/mol. The molecule has 1 aromatic rings. The molecule has 0 saturated heterocycles. The molecule has 0 N–H and O–H groups in total. The number of nitrogens with zero attached hydrogens (tertiary/aromatic N) is 1. The number of alkyl halides is 3. The molecule has 0 bridgehead atoms. The van der Waals surface area contributed by atoms with Crippen LogP contribution in [0.3, 0.4) is 0 Å². The predicted octanol–water partition coefficient (Wildman–Crippen LogP) is 3.97. The highest BCUT2D eigenvalue weighted by atomic mass is 79.9. The zero-order valence-electron chi connectivity index (χ0n) is 9.19. The smallest absolute Gasteiger partial charge is 0.302 e. The van der Waals surface area contributed by atoms with Crippen LogP contribution >= 0.6 is 15.9 Å². The van der Waals surface area contributed by atoms with E-state index in [2.05, 4.69) is 15.9 Å². The standard InChI is InChI=1S/C11H12BrF4N/c1-17(5-4-11(14,15)16)7-8-2-3-9(13)6-10(8)12/h2-3,6H,4-5,7H2,1H3. The van der Waals surface area contributed by atoms with Gasteiger partial charge in [0.2, 0.25) is 0 Å². The summed E-state index contributed by atoms with van der Waals surface area (Å²) in [6.07, 6.45) is -4.99. The quantitative estimate of drug-likeness (QED) is 0.760. The largest absolute Gasteiger partial charge is 0.390 e. The third kappa shape index (κ3) is 5.50. The molecule has 0 atom stereocenters. The molecular formula is C11H12BrF4N. The first-order valence-corrected chi connectivity index (χ1v) is 5.76. The fourth-order valence-electron chi connectivity index (χ4n) is 1.34. The lowest BCUT2D eigenvalue weighted by molar-refractivity contribution is -0.137. The first-order valence-electron chi connectivity index (χ1n) is 4.97. The summed E-state index contributed by atoms with van der Waals surface area (Å²) in [5, 5.41) is 0. The van der Waals surface area contributed by atoms with Crippen molar-refractivity contribution in [2.24, 2.45) is 0 Å². The molecule has 0 fully saturated rings. The molecule has 0 spiro atoms. The van der Waals surface area contributed by atoms with E-state index in [9.17, 15) is 17.6 Å². The van der Waals surface area contributed by atoms with E-state index in [-0.39, 0.29) is 12.4 Å². The summed E-state index contributed by atoms with van der Waals surface area (Å²) in [6.45, 7) is 0.268. The molecule has 1 rings (SSSR count). The Labute approximate surface area is 106 Å². The lowest BCUT2D eigenvalue weighted by Gasteiger charge is -2.18. The van der Waals surface area contributed by atoms with Gasteiger partial charge in [0.15, 0.2) is 0 Å². The summed E-state index contributed by atoms with van der Waals surface area (Å²) in [7, 11) is 1.60. The fourth-order valence-corrected chi connectivity index (χ4v) is 1.81. The van der Waals surface area contributed by atoms with Crippen LogP contribution < -0.4 is 0 Å². The van der Waals surface area contributed by atoms with Gasteiger partial charge in [-0.1, -0.05) is 22.0 Å². The van der Waals surface area contributed by atoms with Crippen molar-refractivity contribution in [2.75, 3.05) is 13.6 Å². The average molecular weight is 314 g/mol. The maximum absolute atomic E-state index is 12.8. The Morgan fingerprint density at radius 1 is 1.29 bits per heavy atom. The molecule has 0 aliphatic carbocycles. The van der Waals surface area contributed by atoms with E-state index in [1.54, 1.807) is 18.0 Å². The average Bonchev–Trinajstić information content (AvgIpc) is 2.18. The summed E-state index contributed by atoms with van der Waals surface area (Å²) in [5.41, 5.74) is 0.760. The minimum absolute atomic E-state index is 0.0761. The molecule has 1 nitrogen and oxygen atoms in total. The van der Waals surface area contributed by atoms with E-state index in [1.165, 1.54) is 12.1 Å². The highest BCUT2D eigenvalue weighted by molar-refractivity contribution is 9.10. The Morgan fingerprint density at radius 2 is 1.94 bits per heavy atom. The van der Waals surface area contributed by atoms with Gasteiger partial charge in [0.25, 0.3) is 0 Å². The Balaban J connectivity index is 2.53. The van der Waals surface area contributed by atoms with Crippen LogP contribution in [0.4, 0.5) is 17.6 Å². The first kappa shape index (κ1) is 14.4. The van der Waals surface area contributed by atoms with Crippen molar-refractivity contribution >= 4 is 15.9 Å². The molecule has 0 aromatic heterocycles. The van der Waals surface area contributed by atoms with E-state index in [0.29, 0.717) is 11.0 Å². The van der Waals surface area contributed by atoms with Crippen LogP contribution in [0.15, 0.2) is 22.7 Å². The van der Waals surface area contributed by atoms with Crippen molar-refractivity contribution in [3.8, 4) is 0 Å². The van der Waals surface area contributed by atoms with Crippen molar-refractivity contribution in [3.05, 3.63) is 34.1 Å². The van der Waals surface area contributed by atoms with Crippen LogP contribution in [0.25, 0.3) is 0 Å². The summed E-state index contributed by atoms with van der Waals surface area (Å²) >= 11 is 3.18. The van der Waals surface area contributed by atoms with Gasteiger partial charge in [0, 0.05) is 17.6 Å². The van der Waals surface area contributed by atoms with Gasteiger partial charge < -0.3 is 4.90 Å². The van der Waals surface area contributed by atoms with E-state index >= 15 is 0 Å². The van der Waals surface area contributed by atoms with Crippen LogP contribution in [0.1, 0.15) is 12.0 Å². The second-order valence-electron chi connectivity index (χ2n) is 3.84. The zero-order valence-corrected chi connectivity index (χ0v) is 10.8. The van der Waals surface area contributed by atoms with Crippen LogP contribution in [0, 0.1) is 5.82 Å². The highest BCUT2D eigenvalue weighted by Gasteiger charge is 2.27. The molecule has 0 aliphatic heterocycles.